The first-order chi connectivity index (χ1) is 9.37. The number of nitrogens with zero attached hydrogens (tertiary/aromatic N) is 1. The fourth-order valence-corrected chi connectivity index (χ4v) is 1.56. The molecule has 2 N–H and O–H groups in total. The van der Waals surface area contributed by atoms with Gasteiger partial charge in [-0.25, -0.2) is 9.78 Å². The summed E-state index contributed by atoms with van der Waals surface area (Å²) in [6.07, 6.45) is 3.22. The minimum Gasteiger partial charge on any atom is -0.488 e. The van der Waals surface area contributed by atoms with Gasteiger partial charge in [0.2, 0.25) is 0 Å². The van der Waals surface area contributed by atoms with Crippen LogP contribution in [0.1, 0.15) is 39.2 Å². The van der Waals surface area contributed by atoms with Crippen LogP contribution in [-0.2, 0) is 11.3 Å². The summed E-state index contributed by atoms with van der Waals surface area (Å²) in [7, 11) is 0. The SMILES string of the molecule is CC(C)(C)OC(=O)Nc1cc(CO)c(OC2CC2)cn1. The maximum atomic E-state index is 11.6. The molecular weight excluding hydrogens is 260 g/mol. The lowest BCUT2D eigenvalue weighted by Gasteiger charge is -2.19. The summed E-state index contributed by atoms with van der Waals surface area (Å²) in [6.45, 7) is 5.18. The third-order valence-corrected chi connectivity index (χ3v) is 2.57. The van der Waals surface area contributed by atoms with Gasteiger partial charge >= 0.3 is 6.09 Å². The number of amides is 1. The molecule has 1 aliphatic carbocycles. The van der Waals surface area contributed by atoms with Gasteiger partial charge in [-0.05, 0) is 39.7 Å². The lowest BCUT2D eigenvalue weighted by atomic mass is 10.2. The molecule has 0 aromatic carbocycles. The number of aliphatic hydroxyl groups excluding tert-OH is 1. The van der Waals surface area contributed by atoms with Gasteiger partial charge in [-0.3, -0.25) is 5.32 Å². The predicted molar refractivity (Wildman–Crippen MR) is 73.7 cm³/mol. The van der Waals surface area contributed by atoms with Gasteiger partial charge < -0.3 is 14.6 Å². The molecule has 20 heavy (non-hydrogen) atoms. The molecule has 1 saturated carbocycles. The highest BCUT2D eigenvalue weighted by Gasteiger charge is 2.25. The number of hydrogen-bond donors (Lipinski definition) is 2. The largest absolute Gasteiger partial charge is 0.488 e. The maximum absolute atomic E-state index is 11.6. The van der Waals surface area contributed by atoms with Crippen LogP contribution in [0.25, 0.3) is 0 Å². The number of ether oxygens (including phenoxy) is 2. The van der Waals surface area contributed by atoms with E-state index in [4.69, 9.17) is 9.47 Å². The minimum absolute atomic E-state index is 0.173. The Hall–Kier alpha value is -1.82. The summed E-state index contributed by atoms with van der Waals surface area (Å²) in [4.78, 5) is 15.7. The number of hydrogen-bond acceptors (Lipinski definition) is 5. The Kier molecular flexibility index (Phi) is 4.13. The first-order valence-corrected chi connectivity index (χ1v) is 6.64. The first kappa shape index (κ1) is 14.6. The number of anilines is 1. The van der Waals surface area contributed by atoms with Crippen molar-refractivity contribution in [2.24, 2.45) is 0 Å². The van der Waals surface area contributed by atoms with Crippen LogP contribution in [0.4, 0.5) is 10.6 Å². The van der Waals surface area contributed by atoms with E-state index in [1.807, 2.05) is 0 Å². The van der Waals surface area contributed by atoms with Crippen molar-refractivity contribution in [3.05, 3.63) is 17.8 Å². The van der Waals surface area contributed by atoms with Crippen molar-refractivity contribution in [1.29, 1.82) is 0 Å². The second-order valence-corrected chi connectivity index (χ2v) is 5.78. The van der Waals surface area contributed by atoms with Gasteiger partial charge in [-0.2, -0.15) is 0 Å². The van der Waals surface area contributed by atoms with Gasteiger partial charge in [0, 0.05) is 5.56 Å². The van der Waals surface area contributed by atoms with Crippen LogP contribution in [0.3, 0.4) is 0 Å². The van der Waals surface area contributed by atoms with Gasteiger partial charge in [-0.15, -0.1) is 0 Å². The number of aliphatic hydroxyl groups is 1. The monoisotopic (exact) mass is 280 g/mol. The molecule has 1 aromatic rings. The van der Waals surface area contributed by atoms with Crippen molar-refractivity contribution in [2.75, 3.05) is 5.32 Å². The van der Waals surface area contributed by atoms with Crippen LogP contribution >= 0.6 is 0 Å². The van der Waals surface area contributed by atoms with Gasteiger partial charge in [0.05, 0.1) is 18.9 Å². The van der Waals surface area contributed by atoms with Crippen molar-refractivity contribution in [3.63, 3.8) is 0 Å². The summed E-state index contributed by atoms with van der Waals surface area (Å²) in [5.74, 6) is 0.885. The summed E-state index contributed by atoms with van der Waals surface area (Å²) in [5.41, 5.74) is 0.0248. The molecule has 110 valence electrons. The summed E-state index contributed by atoms with van der Waals surface area (Å²) in [5, 5.41) is 11.9. The Labute approximate surface area is 118 Å². The molecule has 2 rings (SSSR count). The number of carbonyl (C=O) groups is 1. The molecule has 0 spiro atoms. The van der Waals surface area contributed by atoms with E-state index in [0.717, 1.165) is 12.8 Å². The molecule has 0 saturated heterocycles. The number of aromatic nitrogens is 1. The van der Waals surface area contributed by atoms with E-state index in [9.17, 15) is 9.90 Å². The zero-order chi connectivity index (χ0) is 14.8. The van der Waals surface area contributed by atoms with Gasteiger partial charge in [0.25, 0.3) is 0 Å². The second-order valence-electron chi connectivity index (χ2n) is 5.78. The fraction of sp³-hybridized carbons (Fsp3) is 0.571. The van der Waals surface area contributed by atoms with Gasteiger partial charge in [-0.1, -0.05) is 0 Å². The molecule has 0 aliphatic heterocycles. The quantitative estimate of drug-likeness (QED) is 0.885. The smallest absolute Gasteiger partial charge is 0.413 e. The Bertz CT molecular complexity index is 492. The van der Waals surface area contributed by atoms with Crippen LogP contribution < -0.4 is 10.1 Å². The van der Waals surface area contributed by atoms with Crippen LogP contribution in [0.2, 0.25) is 0 Å². The molecule has 0 atom stereocenters. The highest BCUT2D eigenvalue weighted by molar-refractivity contribution is 5.83. The Morgan fingerprint density at radius 3 is 2.75 bits per heavy atom. The van der Waals surface area contributed by atoms with E-state index >= 15 is 0 Å². The molecular formula is C14H20N2O4. The lowest BCUT2D eigenvalue weighted by Crippen LogP contribution is -2.27. The van der Waals surface area contributed by atoms with E-state index in [-0.39, 0.29) is 12.7 Å². The van der Waals surface area contributed by atoms with E-state index in [1.165, 1.54) is 6.20 Å². The number of carbonyl (C=O) groups excluding carboxylic acids is 1. The van der Waals surface area contributed by atoms with E-state index in [1.54, 1.807) is 26.8 Å². The van der Waals surface area contributed by atoms with Gasteiger partial charge in [0.1, 0.15) is 17.2 Å². The molecule has 0 bridgehead atoms. The Morgan fingerprint density at radius 2 is 2.20 bits per heavy atom. The van der Waals surface area contributed by atoms with E-state index in [2.05, 4.69) is 10.3 Å². The zero-order valence-electron chi connectivity index (χ0n) is 12.0. The fourth-order valence-electron chi connectivity index (χ4n) is 1.56. The molecule has 1 fully saturated rings. The topological polar surface area (TPSA) is 80.7 Å². The molecule has 1 aliphatic rings. The van der Waals surface area contributed by atoms with Crippen LogP contribution in [-0.4, -0.2) is 27.9 Å². The predicted octanol–water partition coefficient (Wildman–Crippen LogP) is 2.46. The summed E-state index contributed by atoms with van der Waals surface area (Å²) in [6, 6.07) is 1.58. The molecule has 1 amide bonds. The normalized spacial score (nSPS) is 14.8. The van der Waals surface area contributed by atoms with Crippen molar-refractivity contribution in [1.82, 2.24) is 4.98 Å². The molecule has 0 unspecified atom stereocenters. The zero-order valence-corrected chi connectivity index (χ0v) is 12.0. The van der Waals surface area contributed by atoms with Crippen LogP contribution in [0, 0.1) is 0 Å². The number of rotatable bonds is 4. The summed E-state index contributed by atoms with van der Waals surface area (Å²) >= 11 is 0. The number of pyridine rings is 1. The average Bonchev–Trinajstić information content (AvgIpc) is 3.12. The Morgan fingerprint density at radius 1 is 1.50 bits per heavy atom. The van der Waals surface area contributed by atoms with E-state index < -0.39 is 11.7 Å². The van der Waals surface area contributed by atoms with Gasteiger partial charge in [0.15, 0.2) is 0 Å². The third kappa shape index (κ3) is 4.38. The standard InChI is InChI=1S/C14H20N2O4/c1-14(2,3)20-13(18)16-12-6-9(8-17)11(7-15-12)19-10-4-5-10/h6-7,10,17H,4-5,8H2,1-3H3,(H,15,16,18). The van der Waals surface area contributed by atoms with Crippen molar-refractivity contribution < 1.29 is 19.4 Å². The highest BCUT2D eigenvalue weighted by atomic mass is 16.6. The second kappa shape index (κ2) is 5.66. The molecule has 1 aromatic heterocycles. The molecule has 6 heteroatoms. The van der Waals surface area contributed by atoms with Crippen molar-refractivity contribution in [2.45, 2.75) is 51.9 Å². The Balaban J connectivity index is 2.03. The van der Waals surface area contributed by atoms with Crippen LogP contribution in [0.5, 0.6) is 5.75 Å². The highest BCUT2D eigenvalue weighted by Crippen LogP contribution is 2.29. The summed E-state index contributed by atoms with van der Waals surface area (Å²) < 4.78 is 10.8. The van der Waals surface area contributed by atoms with Crippen LogP contribution in [0.15, 0.2) is 12.3 Å². The molecule has 1 heterocycles. The molecule has 0 radical (unpaired) electrons. The first-order valence-electron chi connectivity index (χ1n) is 6.64. The third-order valence-electron chi connectivity index (χ3n) is 2.57. The molecule has 6 nitrogen and oxygen atoms in total. The average molecular weight is 280 g/mol. The minimum atomic E-state index is -0.579. The maximum Gasteiger partial charge on any atom is 0.413 e. The lowest BCUT2D eigenvalue weighted by molar-refractivity contribution is 0.0635. The number of nitrogens with one attached hydrogen (secondary N) is 1. The van der Waals surface area contributed by atoms with Crippen molar-refractivity contribution >= 4 is 11.9 Å². The van der Waals surface area contributed by atoms with E-state index in [0.29, 0.717) is 17.1 Å². The van der Waals surface area contributed by atoms with Crippen molar-refractivity contribution in [3.8, 4) is 5.75 Å².